The zero-order chi connectivity index (χ0) is 15.4. The van der Waals surface area contributed by atoms with E-state index in [1.165, 1.54) is 0 Å². The van der Waals surface area contributed by atoms with Gasteiger partial charge in [-0.15, -0.1) is 0 Å². The number of rotatable bonds is 4. The van der Waals surface area contributed by atoms with E-state index in [0.717, 1.165) is 11.1 Å². The number of anilines is 1. The number of hydrogen-bond acceptors (Lipinski definition) is 6. The van der Waals surface area contributed by atoms with Gasteiger partial charge < -0.3 is 10.1 Å². The second-order valence-corrected chi connectivity index (χ2v) is 4.73. The maximum absolute atomic E-state index is 8.95. The van der Waals surface area contributed by atoms with E-state index in [9.17, 15) is 0 Å². The lowest BCUT2D eigenvalue weighted by Gasteiger charge is -2.11. The number of nitrogens with zero attached hydrogens (tertiary/aromatic N) is 4. The molecule has 1 heterocycles. The third-order valence-electron chi connectivity index (χ3n) is 2.71. The maximum atomic E-state index is 8.95. The number of nitriles is 1. The fourth-order valence-corrected chi connectivity index (χ4v) is 2.03. The van der Waals surface area contributed by atoms with Crippen LogP contribution in [0.25, 0.3) is 0 Å². The molecule has 108 valence electrons. The summed E-state index contributed by atoms with van der Waals surface area (Å²) < 4.78 is 5.71. The van der Waals surface area contributed by atoms with Crippen LogP contribution >= 0.6 is 11.6 Å². The van der Waals surface area contributed by atoms with Crippen LogP contribution in [0.4, 0.5) is 5.95 Å². The van der Waals surface area contributed by atoms with Gasteiger partial charge in [0.25, 0.3) is 0 Å². The van der Waals surface area contributed by atoms with Crippen molar-refractivity contribution in [3.63, 3.8) is 0 Å². The Hall–Kier alpha value is -2.39. The van der Waals surface area contributed by atoms with E-state index in [4.69, 9.17) is 21.6 Å². The molecule has 0 bridgehead atoms. The van der Waals surface area contributed by atoms with Gasteiger partial charge in [-0.2, -0.15) is 20.2 Å². The number of aromatic nitrogens is 3. The number of aryl methyl sites for hydroxylation is 2. The van der Waals surface area contributed by atoms with Crippen LogP contribution in [0.3, 0.4) is 0 Å². The maximum Gasteiger partial charge on any atom is 0.328 e. The highest BCUT2D eigenvalue weighted by atomic mass is 35.5. The van der Waals surface area contributed by atoms with Crippen LogP contribution in [0, 0.1) is 25.2 Å². The first-order chi connectivity index (χ1) is 10.0. The van der Waals surface area contributed by atoms with E-state index in [1.807, 2.05) is 20.8 Å². The molecule has 6 nitrogen and oxygen atoms in total. The lowest BCUT2D eigenvalue weighted by molar-refractivity contribution is 0.434. The number of benzene rings is 1. The Morgan fingerprint density at radius 1 is 1.24 bits per heavy atom. The van der Waals surface area contributed by atoms with Gasteiger partial charge in [0.2, 0.25) is 11.2 Å². The first-order valence-electron chi connectivity index (χ1n) is 6.38. The number of nitrogens with one attached hydrogen (secondary N) is 1. The standard InChI is InChI=1S/C14H14ClN5O/c1-4-17-13-18-12(15)19-14(20-13)21-11-8(2)5-10(7-16)6-9(11)3/h5-6H,4H2,1-3H3,(H,17,18,19,20). The van der Waals surface area contributed by atoms with Crippen molar-refractivity contribution < 1.29 is 4.74 Å². The van der Waals surface area contributed by atoms with Gasteiger partial charge in [0, 0.05) is 6.54 Å². The van der Waals surface area contributed by atoms with Crippen LogP contribution in [0.15, 0.2) is 12.1 Å². The van der Waals surface area contributed by atoms with E-state index in [-0.39, 0.29) is 11.3 Å². The Kier molecular flexibility index (Phi) is 4.55. The van der Waals surface area contributed by atoms with Crippen LogP contribution in [0.2, 0.25) is 5.28 Å². The molecular formula is C14H14ClN5O. The average Bonchev–Trinajstić information content (AvgIpc) is 2.42. The summed E-state index contributed by atoms with van der Waals surface area (Å²) in [4.78, 5) is 12.0. The molecule has 0 amide bonds. The van der Waals surface area contributed by atoms with Gasteiger partial charge in [0.1, 0.15) is 5.75 Å². The summed E-state index contributed by atoms with van der Waals surface area (Å²) in [5, 5.41) is 12.0. The molecule has 1 aromatic heterocycles. The Bertz CT molecular complexity index is 688. The largest absolute Gasteiger partial charge is 0.424 e. The molecule has 0 atom stereocenters. The molecule has 1 aromatic carbocycles. The molecule has 0 radical (unpaired) electrons. The number of halogens is 1. The van der Waals surface area contributed by atoms with Crippen molar-refractivity contribution >= 4 is 17.5 Å². The third-order valence-corrected chi connectivity index (χ3v) is 2.87. The fraction of sp³-hybridized carbons (Fsp3) is 0.286. The van der Waals surface area contributed by atoms with Crippen LogP contribution < -0.4 is 10.1 Å². The van der Waals surface area contributed by atoms with Gasteiger partial charge in [0.15, 0.2) is 0 Å². The minimum absolute atomic E-state index is 0.0555. The van der Waals surface area contributed by atoms with Gasteiger partial charge in [0.05, 0.1) is 11.6 Å². The van der Waals surface area contributed by atoms with Crippen molar-refractivity contribution in [2.75, 3.05) is 11.9 Å². The van der Waals surface area contributed by atoms with Crippen LogP contribution in [0.5, 0.6) is 11.8 Å². The fourth-order valence-electron chi connectivity index (χ4n) is 1.88. The van der Waals surface area contributed by atoms with Gasteiger partial charge in [-0.25, -0.2) is 0 Å². The summed E-state index contributed by atoms with van der Waals surface area (Å²) in [5.74, 6) is 0.968. The van der Waals surface area contributed by atoms with Crippen molar-refractivity contribution in [3.05, 3.63) is 34.1 Å². The summed E-state index contributed by atoms with van der Waals surface area (Å²) in [6, 6.07) is 5.71. The molecule has 2 rings (SSSR count). The summed E-state index contributed by atoms with van der Waals surface area (Å²) >= 11 is 5.85. The molecule has 0 aliphatic rings. The van der Waals surface area contributed by atoms with Crippen LogP contribution in [0.1, 0.15) is 23.6 Å². The van der Waals surface area contributed by atoms with E-state index in [0.29, 0.717) is 23.8 Å². The Labute approximate surface area is 127 Å². The minimum Gasteiger partial charge on any atom is -0.424 e. The first kappa shape index (κ1) is 15.0. The predicted octanol–water partition coefficient (Wildman–Crippen LogP) is 3.24. The van der Waals surface area contributed by atoms with Crippen molar-refractivity contribution in [1.29, 1.82) is 5.26 Å². The molecule has 0 saturated heterocycles. The summed E-state index contributed by atoms with van der Waals surface area (Å²) in [6.07, 6.45) is 0. The molecule has 0 unspecified atom stereocenters. The second kappa shape index (κ2) is 6.37. The molecule has 7 heteroatoms. The topological polar surface area (TPSA) is 83.7 Å². The third kappa shape index (κ3) is 3.58. The van der Waals surface area contributed by atoms with Crippen LogP contribution in [-0.4, -0.2) is 21.5 Å². The molecule has 0 aliphatic heterocycles. The minimum atomic E-state index is 0.0555. The van der Waals surface area contributed by atoms with Crippen molar-refractivity contribution in [1.82, 2.24) is 15.0 Å². The molecule has 0 saturated carbocycles. The summed E-state index contributed by atoms with van der Waals surface area (Å²) in [5.41, 5.74) is 2.24. The molecular weight excluding hydrogens is 290 g/mol. The summed E-state index contributed by atoms with van der Waals surface area (Å²) in [7, 11) is 0. The van der Waals surface area contributed by atoms with E-state index >= 15 is 0 Å². The molecule has 0 fully saturated rings. The molecule has 1 N–H and O–H groups in total. The van der Waals surface area contributed by atoms with E-state index in [2.05, 4.69) is 26.3 Å². The van der Waals surface area contributed by atoms with Gasteiger partial charge >= 0.3 is 6.01 Å². The highest BCUT2D eigenvalue weighted by Crippen LogP contribution is 2.28. The highest BCUT2D eigenvalue weighted by Gasteiger charge is 2.11. The average molecular weight is 304 g/mol. The van der Waals surface area contributed by atoms with Gasteiger partial charge in [-0.3, -0.25) is 0 Å². The first-order valence-corrected chi connectivity index (χ1v) is 6.76. The number of hydrogen-bond donors (Lipinski definition) is 1. The van der Waals surface area contributed by atoms with Crippen molar-refractivity contribution in [2.24, 2.45) is 0 Å². The van der Waals surface area contributed by atoms with E-state index in [1.54, 1.807) is 12.1 Å². The zero-order valence-electron chi connectivity index (χ0n) is 11.9. The molecule has 2 aromatic rings. The van der Waals surface area contributed by atoms with Gasteiger partial charge in [-0.1, -0.05) is 0 Å². The molecule has 0 aliphatic carbocycles. The highest BCUT2D eigenvalue weighted by molar-refractivity contribution is 6.28. The Morgan fingerprint density at radius 2 is 1.90 bits per heavy atom. The smallest absolute Gasteiger partial charge is 0.328 e. The predicted molar refractivity (Wildman–Crippen MR) is 79.7 cm³/mol. The molecule has 0 spiro atoms. The van der Waals surface area contributed by atoms with Crippen molar-refractivity contribution in [2.45, 2.75) is 20.8 Å². The van der Waals surface area contributed by atoms with Crippen molar-refractivity contribution in [3.8, 4) is 17.8 Å². The lowest BCUT2D eigenvalue weighted by atomic mass is 10.1. The molecule has 21 heavy (non-hydrogen) atoms. The van der Waals surface area contributed by atoms with Crippen LogP contribution in [-0.2, 0) is 0 Å². The number of ether oxygens (including phenoxy) is 1. The SMILES string of the molecule is CCNc1nc(Cl)nc(Oc2c(C)cc(C#N)cc2C)n1. The Morgan fingerprint density at radius 3 is 2.48 bits per heavy atom. The monoisotopic (exact) mass is 303 g/mol. The lowest BCUT2D eigenvalue weighted by Crippen LogP contribution is -2.05. The Balaban J connectivity index is 2.36. The zero-order valence-corrected chi connectivity index (χ0v) is 12.7. The summed E-state index contributed by atoms with van der Waals surface area (Å²) in [6.45, 7) is 6.30. The second-order valence-electron chi connectivity index (χ2n) is 4.39. The van der Waals surface area contributed by atoms with E-state index < -0.39 is 0 Å². The normalized spacial score (nSPS) is 10.0. The van der Waals surface area contributed by atoms with Gasteiger partial charge in [-0.05, 0) is 55.6 Å². The quantitative estimate of drug-likeness (QED) is 0.933.